The molecular weight excluding hydrogens is 685 g/mol. The molecule has 0 N–H and O–H groups in total. The van der Waals surface area contributed by atoms with Crippen LogP contribution >= 0.6 is 0 Å². The minimum Gasteiger partial charge on any atom is -0.485 e. The molecule has 2 aliphatic rings. The van der Waals surface area contributed by atoms with Crippen LogP contribution in [0.2, 0.25) is 0 Å². The fourth-order valence-electron chi connectivity index (χ4n) is 8.70. The number of fused-ring (bicyclic) bond motifs is 10. The van der Waals surface area contributed by atoms with Crippen LogP contribution in [-0.4, -0.2) is 10.7 Å². The van der Waals surface area contributed by atoms with Crippen LogP contribution in [0.25, 0.3) is 60.2 Å². The zero-order chi connectivity index (χ0) is 37.2. The van der Waals surface area contributed by atoms with Gasteiger partial charge in [-0.3, -0.25) is 0 Å². The molecule has 3 heterocycles. The van der Waals surface area contributed by atoms with Crippen molar-refractivity contribution >= 4 is 65.9 Å². The Morgan fingerprint density at radius 3 is 2.14 bits per heavy atom. The highest BCUT2D eigenvalue weighted by Crippen LogP contribution is 2.45. The summed E-state index contributed by atoms with van der Waals surface area (Å²) in [6.07, 6.45) is 14.9. The number of rotatable bonds is 7. The molecule has 0 spiro atoms. The maximum atomic E-state index is 6.50. The molecule has 266 valence electrons. The summed E-state index contributed by atoms with van der Waals surface area (Å²) in [6, 6.07) is 53.8. The van der Waals surface area contributed by atoms with Gasteiger partial charge in [-0.05, 0) is 95.2 Å². The number of anilines is 2. The van der Waals surface area contributed by atoms with Crippen molar-refractivity contribution in [1.29, 1.82) is 0 Å². The molecule has 11 rings (SSSR count). The lowest BCUT2D eigenvalue weighted by molar-refractivity contribution is 0.268. The lowest BCUT2D eigenvalue weighted by atomic mass is 9.88. The van der Waals surface area contributed by atoms with E-state index in [0.717, 1.165) is 56.0 Å². The summed E-state index contributed by atoms with van der Waals surface area (Å²) >= 11 is 0. The predicted molar refractivity (Wildman–Crippen MR) is 232 cm³/mol. The van der Waals surface area contributed by atoms with Gasteiger partial charge in [0.1, 0.15) is 23.0 Å². The number of nitrogens with zero attached hydrogens (tertiary/aromatic N) is 2. The van der Waals surface area contributed by atoms with Crippen molar-refractivity contribution in [2.45, 2.75) is 12.0 Å². The second-order valence-electron chi connectivity index (χ2n) is 14.5. The number of hydrogen-bond donors (Lipinski definition) is 0. The number of aromatic nitrogens is 1. The number of para-hydroxylation sites is 3. The van der Waals surface area contributed by atoms with Gasteiger partial charge < -0.3 is 18.6 Å². The molecule has 2 unspecified atom stereocenters. The Balaban J connectivity index is 1.10. The third-order valence-electron chi connectivity index (χ3n) is 11.2. The van der Waals surface area contributed by atoms with Crippen molar-refractivity contribution in [1.82, 2.24) is 4.57 Å². The molecule has 2 atom stereocenters. The van der Waals surface area contributed by atoms with Crippen LogP contribution in [0.15, 0.2) is 216 Å². The monoisotopic (exact) mass is 720 g/mol. The SMILES string of the molecule is C=C/C=C\C(=C\C1=CC2c3cc4ccccc4cc3OC2C=C1)N(c1cccc(-n2c3ccccc3c3ccccc32)c1)c1ccc2c(c1)oc1ccccc12. The third-order valence-corrected chi connectivity index (χ3v) is 11.2. The minimum absolute atomic E-state index is 0.0411. The molecule has 0 bridgehead atoms. The second-order valence-corrected chi connectivity index (χ2v) is 14.5. The molecule has 0 saturated heterocycles. The molecule has 2 aromatic heterocycles. The topological polar surface area (TPSA) is 30.5 Å². The highest BCUT2D eigenvalue weighted by atomic mass is 16.5. The lowest BCUT2D eigenvalue weighted by Gasteiger charge is -2.28. The quantitative estimate of drug-likeness (QED) is 0.154. The molecular formula is C52H36N2O2. The number of allylic oxidation sites excluding steroid dienone is 6. The van der Waals surface area contributed by atoms with E-state index in [4.69, 9.17) is 9.15 Å². The van der Waals surface area contributed by atoms with Crippen LogP contribution in [0.1, 0.15) is 11.5 Å². The van der Waals surface area contributed by atoms with Crippen LogP contribution in [0.4, 0.5) is 11.4 Å². The normalized spacial score (nSPS) is 16.5. The van der Waals surface area contributed by atoms with Crippen LogP contribution in [0, 0.1) is 0 Å². The summed E-state index contributed by atoms with van der Waals surface area (Å²) in [5.74, 6) is 1.06. The summed E-state index contributed by atoms with van der Waals surface area (Å²) in [4.78, 5) is 2.32. The highest BCUT2D eigenvalue weighted by Gasteiger charge is 2.33. The number of benzene rings is 7. The van der Waals surface area contributed by atoms with Crippen LogP contribution in [-0.2, 0) is 0 Å². The average molecular weight is 721 g/mol. The molecule has 0 saturated carbocycles. The molecule has 56 heavy (non-hydrogen) atoms. The minimum atomic E-state index is -0.0411. The van der Waals surface area contributed by atoms with Crippen molar-refractivity contribution in [2.75, 3.05) is 4.90 Å². The fourth-order valence-corrected chi connectivity index (χ4v) is 8.70. The molecule has 0 amide bonds. The van der Waals surface area contributed by atoms with E-state index in [1.807, 2.05) is 24.3 Å². The van der Waals surface area contributed by atoms with E-state index in [9.17, 15) is 0 Å². The van der Waals surface area contributed by atoms with Gasteiger partial charge in [-0.25, -0.2) is 0 Å². The van der Waals surface area contributed by atoms with Gasteiger partial charge in [0.25, 0.3) is 0 Å². The Morgan fingerprint density at radius 2 is 1.34 bits per heavy atom. The van der Waals surface area contributed by atoms with Crippen molar-refractivity contribution in [2.24, 2.45) is 0 Å². The second kappa shape index (κ2) is 12.9. The molecule has 0 fully saturated rings. The first-order chi connectivity index (χ1) is 27.7. The van der Waals surface area contributed by atoms with E-state index in [1.54, 1.807) is 0 Å². The standard InChI is InChI=1S/C52H36N2O2/c1-2-3-15-37(28-34-24-27-50-45(29-34)46-30-35-13-4-5-14-36(35)31-51(46)56-50)53(40-25-26-44-43-20-8-11-23-49(43)55-52(44)33-40)38-16-12-17-39(32-38)54-47-21-9-6-18-41(47)42-19-7-10-22-48(42)54/h2-33,45,50H,1H2/b15-3-,37-28-. The summed E-state index contributed by atoms with van der Waals surface area (Å²) in [5.41, 5.74) is 10.4. The first-order valence-electron chi connectivity index (χ1n) is 19.1. The number of ether oxygens (including phenoxy) is 1. The maximum absolute atomic E-state index is 6.50. The summed E-state index contributed by atoms with van der Waals surface area (Å²) in [6.45, 7) is 4.05. The first-order valence-corrected chi connectivity index (χ1v) is 19.1. The molecule has 1 aliphatic carbocycles. The van der Waals surface area contributed by atoms with E-state index in [0.29, 0.717) is 0 Å². The Morgan fingerprint density at radius 1 is 0.643 bits per heavy atom. The van der Waals surface area contributed by atoms with E-state index in [-0.39, 0.29) is 12.0 Å². The van der Waals surface area contributed by atoms with E-state index >= 15 is 0 Å². The van der Waals surface area contributed by atoms with Crippen LogP contribution < -0.4 is 9.64 Å². The van der Waals surface area contributed by atoms with Crippen molar-refractivity contribution in [3.63, 3.8) is 0 Å². The van der Waals surface area contributed by atoms with Crippen LogP contribution in [0.5, 0.6) is 5.75 Å². The van der Waals surface area contributed by atoms with E-state index < -0.39 is 0 Å². The van der Waals surface area contributed by atoms with Gasteiger partial charge in [0.2, 0.25) is 0 Å². The first kappa shape index (κ1) is 32.2. The van der Waals surface area contributed by atoms with Gasteiger partial charge in [-0.15, -0.1) is 0 Å². The van der Waals surface area contributed by atoms with Crippen molar-refractivity contribution in [3.8, 4) is 11.4 Å². The predicted octanol–water partition coefficient (Wildman–Crippen LogP) is 13.6. The Bertz CT molecular complexity index is 3120. The largest absolute Gasteiger partial charge is 0.485 e. The molecule has 9 aromatic rings. The molecule has 0 radical (unpaired) electrons. The number of furan rings is 1. The Hall–Kier alpha value is -7.30. The lowest BCUT2D eigenvalue weighted by Crippen LogP contribution is -2.18. The molecule has 4 heteroatoms. The summed E-state index contributed by atoms with van der Waals surface area (Å²) in [5, 5.41) is 7.07. The Kier molecular flexibility index (Phi) is 7.42. The smallest absolute Gasteiger partial charge is 0.137 e. The van der Waals surface area contributed by atoms with Gasteiger partial charge in [0.15, 0.2) is 0 Å². The molecule has 1 aliphatic heterocycles. The fraction of sp³-hybridized carbons (Fsp3) is 0.0385. The van der Waals surface area contributed by atoms with Gasteiger partial charge in [0.05, 0.1) is 11.0 Å². The van der Waals surface area contributed by atoms with E-state index in [1.165, 1.54) is 38.1 Å². The summed E-state index contributed by atoms with van der Waals surface area (Å²) in [7, 11) is 0. The average Bonchev–Trinajstić information content (AvgIpc) is 3.91. The molecule has 7 aromatic carbocycles. The number of hydrogen-bond acceptors (Lipinski definition) is 3. The Labute approximate surface area is 324 Å². The van der Waals surface area contributed by atoms with Crippen molar-refractivity contribution < 1.29 is 9.15 Å². The van der Waals surface area contributed by atoms with Gasteiger partial charge in [0, 0.05) is 61.9 Å². The molecule has 4 nitrogen and oxygen atoms in total. The van der Waals surface area contributed by atoms with Crippen LogP contribution in [0.3, 0.4) is 0 Å². The maximum Gasteiger partial charge on any atom is 0.137 e. The highest BCUT2D eigenvalue weighted by molar-refractivity contribution is 6.09. The van der Waals surface area contributed by atoms with Gasteiger partial charge >= 0.3 is 0 Å². The zero-order valence-corrected chi connectivity index (χ0v) is 30.5. The third kappa shape index (κ3) is 5.22. The zero-order valence-electron chi connectivity index (χ0n) is 30.5. The van der Waals surface area contributed by atoms with E-state index in [2.05, 4.69) is 186 Å². The summed E-state index contributed by atoms with van der Waals surface area (Å²) < 4.78 is 15.3. The van der Waals surface area contributed by atoms with Crippen molar-refractivity contribution in [3.05, 3.63) is 218 Å². The van der Waals surface area contributed by atoms with Gasteiger partial charge in [-0.1, -0.05) is 116 Å². The van der Waals surface area contributed by atoms with Gasteiger partial charge in [-0.2, -0.15) is 0 Å².